The molecule has 5 nitrogen and oxygen atoms in total. The quantitative estimate of drug-likeness (QED) is 0.203. The summed E-state index contributed by atoms with van der Waals surface area (Å²) in [5.74, 6) is 1.30. The molecule has 186 valence electrons. The third-order valence-electron chi connectivity index (χ3n) is 5.88. The number of hydrogen-bond donors (Lipinski definition) is 1. The molecule has 0 aliphatic carbocycles. The first-order valence-electron chi connectivity index (χ1n) is 12.2. The molecule has 0 unspecified atom stereocenters. The van der Waals surface area contributed by atoms with Gasteiger partial charge in [-0.05, 0) is 62.0 Å². The summed E-state index contributed by atoms with van der Waals surface area (Å²) in [6.45, 7) is 8.18. The van der Waals surface area contributed by atoms with Gasteiger partial charge in [-0.15, -0.1) is 0 Å². The number of benzene rings is 3. The molecule has 1 heterocycles. The molecule has 0 bridgehead atoms. The second-order valence-electron chi connectivity index (χ2n) is 8.36. The topological polar surface area (TPSA) is 50.3 Å². The number of rotatable bonds is 11. The molecular formula is C29H30Cl2N4O. The summed E-state index contributed by atoms with van der Waals surface area (Å²) >= 11 is 12.2. The first kappa shape index (κ1) is 26.0. The minimum atomic E-state index is 0.492. The van der Waals surface area contributed by atoms with Crippen LogP contribution in [-0.2, 0) is 0 Å². The van der Waals surface area contributed by atoms with E-state index in [1.807, 2.05) is 78.9 Å². The van der Waals surface area contributed by atoms with Crippen molar-refractivity contribution in [3.63, 3.8) is 0 Å². The monoisotopic (exact) mass is 520 g/mol. The van der Waals surface area contributed by atoms with Gasteiger partial charge in [0.15, 0.2) is 0 Å². The number of anilines is 2. The average Bonchev–Trinajstić information content (AvgIpc) is 2.90. The van der Waals surface area contributed by atoms with E-state index in [1.54, 1.807) is 0 Å². The summed E-state index contributed by atoms with van der Waals surface area (Å²) < 4.78 is 6.00. The molecule has 36 heavy (non-hydrogen) atoms. The van der Waals surface area contributed by atoms with Gasteiger partial charge in [0.1, 0.15) is 5.75 Å². The van der Waals surface area contributed by atoms with E-state index >= 15 is 0 Å². The summed E-state index contributed by atoms with van der Waals surface area (Å²) in [7, 11) is 0. The predicted octanol–water partition coefficient (Wildman–Crippen LogP) is 7.97. The maximum atomic E-state index is 6.10. The van der Waals surface area contributed by atoms with Crippen LogP contribution in [0.25, 0.3) is 22.5 Å². The van der Waals surface area contributed by atoms with Crippen LogP contribution < -0.4 is 10.1 Å². The SMILES string of the molecule is CCN(CC)CCCOc1cccc(Nc2nc(-c3ccc(Cl)cc3)cc(-c3ccc(Cl)cc3)n2)c1. The third kappa shape index (κ3) is 7.20. The zero-order chi connectivity index (χ0) is 25.3. The number of halogens is 2. The molecule has 0 amide bonds. The Bertz CT molecular complexity index is 1200. The maximum Gasteiger partial charge on any atom is 0.228 e. The van der Waals surface area contributed by atoms with Crippen LogP contribution >= 0.6 is 23.2 Å². The second kappa shape index (κ2) is 12.7. The molecule has 1 N–H and O–H groups in total. The molecule has 7 heteroatoms. The van der Waals surface area contributed by atoms with Crippen LogP contribution in [0.1, 0.15) is 20.3 Å². The Labute approximate surface area is 223 Å². The van der Waals surface area contributed by atoms with E-state index in [0.29, 0.717) is 22.6 Å². The standard InChI is InChI=1S/C29H30Cl2N4O/c1-3-35(4-2)17-6-18-36-26-8-5-7-25(19-26)32-29-33-27(21-9-13-23(30)14-10-21)20-28(34-29)22-11-15-24(31)16-12-22/h5,7-16,19-20H,3-4,6,17-18H2,1-2H3,(H,32,33,34). The van der Waals surface area contributed by atoms with Crippen LogP contribution in [0.2, 0.25) is 10.0 Å². The van der Waals surface area contributed by atoms with Crippen molar-refractivity contribution >= 4 is 34.8 Å². The number of nitrogens with zero attached hydrogens (tertiary/aromatic N) is 3. The molecule has 1 aromatic heterocycles. The van der Waals surface area contributed by atoms with E-state index in [9.17, 15) is 0 Å². The van der Waals surface area contributed by atoms with Crippen molar-refractivity contribution in [2.75, 3.05) is 31.6 Å². The lowest BCUT2D eigenvalue weighted by molar-refractivity contribution is 0.249. The highest BCUT2D eigenvalue weighted by atomic mass is 35.5. The van der Waals surface area contributed by atoms with Gasteiger partial charge >= 0.3 is 0 Å². The van der Waals surface area contributed by atoms with Crippen molar-refractivity contribution in [2.24, 2.45) is 0 Å². The highest BCUT2D eigenvalue weighted by molar-refractivity contribution is 6.30. The van der Waals surface area contributed by atoms with Gasteiger partial charge in [-0.1, -0.05) is 67.4 Å². The normalized spacial score (nSPS) is 11.0. The third-order valence-corrected chi connectivity index (χ3v) is 6.38. The fourth-order valence-electron chi connectivity index (χ4n) is 3.85. The van der Waals surface area contributed by atoms with Crippen molar-refractivity contribution in [2.45, 2.75) is 20.3 Å². The van der Waals surface area contributed by atoms with E-state index in [0.717, 1.165) is 60.0 Å². The summed E-state index contributed by atoms with van der Waals surface area (Å²) in [5, 5.41) is 4.71. The molecule has 0 fully saturated rings. The van der Waals surface area contributed by atoms with Gasteiger partial charge in [-0.2, -0.15) is 0 Å². The predicted molar refractivity (Wildman–Crippen MR) is 151 cm³/mol. The molecule has 4 rings (SSSR count). The van der Waals surface area contributed by atoms with Gasteiger partial charge in [0.25, 0.3) is 0 Å². The Balaban J connectivity index is 1.55. The van der Waals surface area contributed by atoms with E-state index in [2.05, 4.69) is 24.1 Å². The number of aromatic nitrogens is 2. The van der Waals surface area contributed by atoms with Crippen LogP contribution in [0, 0.1) is 0 Å². The Kier molecular flexibility index (Phi) is 9.17. The van der Waals surface area contributed by atoms with Crippen molar-refractivity contribution in [1.82, 2.24) is 14.9 Å². The van der Waals surface area contributed by atoms with Gasteiger partial charge in [0.05, 0.1) is 18.0 Å². The largest absolute Gasteiger partial charge is 0.493 e. The Morgan fingerprint density at radius 1 is 0.778 bits per heavy atom. The lowest BCUT2D eigenvalue weighted by Gasteiger charge is -2.17. The summed E-state index contributed by atoms with van der Waals surface area (Å²) in [5.41, 5.74) is 4.33. The zero-order valence-corrected chi connectivity index (χ0v) is 22.1. The van der Waals surface area contributed by atoms with Gasteiger partial charge < -0.3 is 15.0 Å². The molecule has 0 aliphatic heterocycles. The molecule has 0 atom stereocenters. The second-order valence-corrected chi connectivity index (χ2v) is 9.23. The summed E-state index contributed by atoms with van der Waals surface area (Å²) in [6.07, 6.45) is 0.982. The molecule has 4 aromatic rings. The van der Waals surface area contributed by atoms with E-state index in [-0.39, 0.29) is 0 Å². The van der Waals surface area contributed by atoms with Crippen molar-refractivity contribution in [1.29, 1.82) is 0 Å². The van der Waals surface area contributed by atoms with Gasteiger partial charge in [-0.25, -0.2) is 9.97 Å². The molecule has 0 aliphatic rings. The first-order valence-corrected chi connectivity index (χ1v) is 12.9. The minimum Gasteiger partial charge on any atom is -0.493 e. The maximum absolute atomic E-state index is 6.10. The Hall–Kier alpha value is -3.12. The summed E-state index contributed by atoms with van der Waals surface area (Å²) in [6, 6.07) is 25.1. The van der Waals surface area contributed by atoms with E-state index < -0.39 is 0 Å². The van der Waals surface area contributed by atoms with Gasteiger partial charge in [0.2, 0.25) is 5.95 Å². The highest BCUT2D eigenvalue weighted by Crippen LogP contribution is 2.28. The Morgan fingerprint density at radius 3 is 1.92 bits per heavy atom. The fourth-order valence-corrected chi connectivity index (χ4v) is 4.10. The van der Waals surface area contributed by atoms with Crippen LogP contribution in [0.15, 0.2) is 78.9 Å². The lowest BCUT2D eigenvalue weighted by Crippen LogP contribution is -2.25. The number of ether oxygens (including phenoxy) is 1. The van der Waals surface area contributed by atoms with Crippen LogP contribution in [0.3, 0.4) is 0 Å². The molecule has 0 saturated carbocycles. The van der Waals surface area contributed by atoms with Gasteiger partial charge in [-0.3, -0.25) is 0 Å². The first-order chi connectivity index (χ1) is 17.5. The number of nitrogens with one attached hydrogen (secondary N) is 1. The zero-order valence-electron chi connectivity index (χ0n) is 20.5. The minimum absolute atomic E-state index is 0.492. The van der Waals surface area contributed by atoms with Crippen molar-refractivity contribution in [3.8, 4) is 28.3 Å². The molecule has 0 saturated heterocycles. The highest BCUT2D eigenvalue weighted by Gasteiger charge is 2.10. The van der Waals surface area contributed by atoms with E-state index in [1.165, 1.54) is 0 Å². The smallest absolute Gasteiger partial charge is 0.228 e. The Morgan fingerprint density at radius 2 is 1.36 bits per heavy atom. The summed E-state index contributed by atoms with van der Waals surface area (Å²) in [4.78, 5) is 11.9. The fraction of sp³-hybridized carbons (Fsp3) is 0.241. The van der Waals surface area contributed by atoms with E-state index in [4.69, 9.17) is 37.9 Å². The molecular weight excluding hydrogens is 491 g/mol. The van der Waals surface area contributed by atoms with Crippen LogP contribution in [-0.4, -0.2) is 41.1 Å². The van der Waals surface area contributed by atoms with Gasteiger partial charge in [0, 0.05) is 39.5 Å². The number of hydrogen-bond acceptors (Lipinski definition) is 5. The van der Waals surface area contributed by atoms with Crippen molar-refractivity contribution in [3.05, 3.63) is 88.9 Å². The molecule has 3 aromatic carbocycles. The molecule has 0 spiro atoms. The lowest BCUT2D eigenvalue weighted by atomic mass is 10.1. The average molecular weight is 521 g/mol. The van der Waals surface area contributed by atoms with Crippen molar-refractivity contribution < 1.29 is 4.74 Å². The molecule has 0 radical (unpaired) electrons. The van der Waals surface area contributed by atoms with Crippen LogP contribution in [0.5, 0.6) is 5.75 Å². The van der Waals surface area contributed by atoms with Crippen LogP contribution in [0.4, 0.5) is 11.6 Å².